The number of nitrogens with one attached hydrogen (secondary N) is 2. The summed E-state index contributed by atoms with van der Waals surface area (Å²) in [5, 5.41) is 7.24. The van der Waals surface area contributed by atoms with Gasteiger partial charge < -0.3 is 10.2 Å². The topological polar surface area (TPSA) is 33.5 Å². The summed E-state index contributed by atoms with van der Waals surface area (Å²) in [6.45, 7) is 6.51. The molecule has 0 radical (unpaired) electrons. The molecule has 2 N–H and O–H groups in total. The Kier molecular flexibility index (Phi) is 6.81. The van der Waals surface area contributed by atoms with E-state index in [4.69, 9.17) is 0 Å². The van der Waals surface area contributed by atoms with Crippen LogP contribution >= 0.6 is 11.3 Å². The minimum atomic E-state index is 0.122. The Morgan fingerprint density at radius 1 is 1.17 bits per heavy atom. The van der Waals surface area contributed by atoms with Gasteiger partial charge in [0.15, 0.2) is 6.54 Å². The number of quaternary nitrogens is 1. The number of carbonyl (C=O) groups excluding carboxylic acids is 1. The number of thiophene rings is 1. The zero-order valence-electron chi connectivity index (χ0n) is 14.3. The number of likely N-dealkylation sites (N-methyl/N-ethyl adjacent to an activating group) is 1. The van der Waals surface area contributed by atoms with Crippen molar-refractivity contribution in [1.82, 2.24) is 5.32 Å². The monoisotopic (exact) mass is 331 g/mol. The third-order valence-corrected chi connectivity index (χ3v) is 4.66. The minimum absolute atomic E-state index is 0.122. The lowest BCUT2D eigenvalue weighted by atomic mass is 10.0. The van der Waals surface area contributed by atoms with E-state index in [1.165, 1.54) is 21.6 Å². The zero-order valence-corrected chi connectivity index (χ0v) is 15.1. The maximum atomic E-state index is 12.0. The van der Waals surface area contributed by atoms with Crippen LogP contribution < -0.4 is 10.2 Å². The summed E-state index contributed by atoms with van der Waals surface area (Å²) >= 11 is 1.70. The molecule has 124 valence electrons. The van der Waals surface area contributed by atoms with Gasteiger partial charge in [0.05, 0.1) is 7.05 Å². The molecule has 2 rings (SSSR count). The SMILES string of the molecule is CC(C)c1ccc(CCNC(=O)C[NH+](C)Cc2ccsc2)cc1. The van der Waals surface area contributed by atoms with Crippen molar-refractivity contribution in [2.45, 2.75) is 32.7 Å². The van der Waals surface area contributed by atoms with Crippen molar-refractivity contribution in [3.8, 4) is 0 Å². The molecule has 0 aliphatic rings. The molecule has 2 aromatic rings. The van der Waals surface area contributed by atoms with Gasteiger partial charge in [-0.25, -0.2) is 0 Å². The fraction of sp³-hybridized carbons (Fsp3) is 0.421. The van der Waals surface area contributed by atoms with E-state index < -0.39 is 0 Å². The van der Waals surface area contributed by atoms with Gasteiger partial charge >= 0.3 is 0 Å². The molecule has 0 bridgehead atoms. The highest BCUT2D eigenvalue weighted by Gasteiger charge is 2.10. The molecule has 0 aliphatic carbocycles. The minimum Gasteiger partial charge on any atom is -0.351 e. The van der Waals surface area contributed by atoms with Crippen molar-refractivity contribution in [2.75, 3.05) is 20.1 Å². The lowest BCUT2D eigenvalue weighted by molar-refractivity contribution is -0.885. The van der Waals surface area contributed by atoms with E-state index in [1.807, 2.05) is 0 Å². The fourth-order valence-electron chi connectivity index (χ4n) is 2.56. The molecule has 1 unspecified atom stereocenters. The third-order valence-electron chi connectivity index (χ3n) is 3.93. The van der Waals surface area contributed by atoms with Crippen molar-refractivity contribution in [3.63, 3.8) is 0 Å². The van der Waals surface area contributed by atoms with Crippen LogP contribution in [0.3, 0.4) is 0 Å². The second kappa shape index (κ2) is 8.85. The predicted molar refractivity (Wildman–Crippen MR) is 97.0 cm³/mol. The summed E-state index contributed by atoms with van der Waals surface area (Å²) in [6.07, 6.45) is 0.883. The predicted octanol–water partition coefficient (Wildman–Crippen LogP) is 2.25. The van der Waals surface area contributed by atoms with Crippen molar-refractivity contribution in [3.05, 3.63) is 57.8 Å². The second-order valence-corrected chi connectivity index (χ2v) is 7.22. The fourth-order valence-corrected chi connectivity index (χ4v) is 3.22. The Hall–Kier alpha value is -1.65. The van der Waals surface area contributed by atoms with Gasteiger partial charge in [0.2, 0.25) is 0 Å². The molecule has 0 spiro atoms. The average molecular weight is 332 g/mol. The quantitative estimate of drug-likeness (QED) is 0.764. The number of rotatable bonds is 8. The van der Waals surface area contributed by atoms with Crippen molar-refractivity contribution < 1.29 is 9.69 Å². The van der Waals surface area contributed by atoms with Crippen LogP contribution in [0.15, 0.2) is 41.1 Å². The Balaban J connectivity index is 1.68. The first kappa shape index (κ1) is 17.7. The number of hydrogen-bond acceptors (Lipinski definition) is 2. The van der Waals surface area contributed by atoms with Gasteiger partial charge in [0, 0.05) is 12.1 Å². The van der Waals surface area contributed by atoms with Crippen molar-refractivity contribution in [2.24, 2.45) is 0 Å². The van der Waals surface area contributed by atoms with Crippen LogP contribution in [0.5, 0.6) is 0 Å². The average Bonchev–Trinajstić information content (AvgIpc) is 3.00. The molecule has 1 aromatic heterocycles. The molecule has 1 heterocycles. The highest BCUT2D eigenvalue weighted by Crippen LogP contribution is 2.14. The van der Waals surface area contributed by atoms with E-state index in [-0.39, 0.29) is 5.91 Å². The van der Waals surface area contributed by atoms with Crippen molar-refractivity contribution in [1.29, 1.82) is 0 Å². The maximum Gasteiger partial charge on any atom is 0.275 e. The lowest BCUT2D eigenvalue weighted by Crippen LogP contribution is -3.08. The highest BCUT2D eigenvalue weighted by atomic mass is 32.1. The number of carbonyl (C=O) groups is 1. The molecule has 0 fully saturated rings. The van der Waals surface area contributed by atoms with Gasteiger partial charge in [0.1, 0.15) is 6.54 Å². The summed E-state index contributed by atoms with van der Waals surface area (Å²) < 4.78 is 0. The summed E-state index contributed by atoms with van der Waals surface area (Å²) in [5.41, 5.74) is 3.93. The van der Waals surface area contributed by atoms with Crippen LogP contribution in [0.4, 0.5) is 0 Å². The number of hydrogen-bond donors (Lipinski definition) is 2. The van der Waals surface area contributed by atoms with Crippen LogP contribution in [0.2, 0.25) is 0 Å². The summed E-state index contributed by atoms with van der Waals surface area (Å²) in [5.74, 6) is 0.682. The molecule has 0 saturated carbocycles. The zero-order chi connectivity index (χ0) is 16.7. The first-order chi connectivity index (χ1) is 11.0. The van der Waals surface area contributed by atoms with Gasteiger partial charge in [-0.05, 0) is 40.3 Å². The standard InChI is InChI=1S/C19H26N2OS/c1-15(2)18-6-4-16(5-7-18)8-10-20-19(22)13-21(3)12-17-9-11-23-14-17/h4-7,9,11,14-15H,8,10,12-13H2,1-3H3,(H,20,22)/p+1. The normalized spacial score (nSPS) is 12.3. The molecule has 1 aromatic carbocycles. The van der Waals surface area contributed by atoms with Gasteiger partial charge in [-0.1, -0.05) is 38.1 Å². The molecule has 1 amide bonds. The first-order valence-electron chi connectivity index (χ1n) is 8.22. The maximum absolute atomic E-state index is 12.0. The molecule has 0 aliphatic heterocycles. The summed E-state index contributed by atoms with van der Waals surface area (Å²) in [4.78, 5) is 13.2. The number of amides is 1. The van der Waals surface area contributed by atoms with Crippen LogP contribution in [0.1, 0.15) is 36.5 Å². The summed E-state index contributed by atoms with van der Waals surface area (Å²) in [6, 6.07) is 10.8. The third kappa shape index (κ3) is 6.16. The van der Waals surface area contributed by atoms with E-state index in [0.717, 1.165) is 13.0 Å². The lowest BCUT2D eigenvalue weighted by Gasteiger charge is -2.13. The second-order valence-electron chi connectivity index (χ2n) is 6.44. The summed E-state index contributed by atoms with van der Waals surface area (Å²) in [7, 11) is 2.06. The molecular formula is C19H27N2OS+. The highest BCUT2D eigenvalue weighted by molar-refractivity contribution is 7.07. The van der Waals surface area contributed by atoms with Gasteiger partial charge in [0.25, 0.3) is 5.91 Å². The Morgan fingerprint density at radius 2 is 1.91 bits per heavy atom. The Morgan fingerprint density at radius 3 is 2.52 bits per heavy atom. The Labute approximate surface area is 143 Å². The van der Waals surface area contributed by atoms with Gasteiger partial charge in [-0.3, -0.25) is 4.79 Å². The molecule has 0 saturated heterocycles. The Bertz CT molecular complexity index is 590. The van der Waals surface area contributed by atoms with Crippen LogP contribution in [0, 0.1) is 0 Å². The van der Waals surface area contributed by atoms with Crippen LogP contribution in [0.25, 0.3) is 0 Å². The molecule has 4 heteroatoms. The molecule has 3 nitrogen and oxygen atoms in total. The number of benzene rings is 1. The van der Waals surface area contributed by atoms with Gasteiger partial charge in [-0.15, -0.1) is 0 Å². The molecule has 1 atom stereocenters. The van der Waals surface area contributed by atoms with E-state index in [1.54, 1.807) is 11.3 Å². The van der Waals surface area contributed by atoms with Crippen LogP contribution in [-0.4, -0.2) is 26.0 Å². The van der Waals surface area contributed by atoms with Gasteiger partial charge in [-0.2, -0.15) is 11.3 Å². The molecule has 23 heavy (non-hydrogen) atoms. The van der Waals surface area contributed by atoms with E-state index in [9.17, 15) is 4.79 Å². The van der Waals surface area contributed by atoms with Crippen LogP contribution in [-0.2, 0) is 17.8 Å². The van der Waals surface area contributed by atoms with Crippen molar-refractivity contribution >= 4 is 17.2 Å². The van der Waals surface area contributed by atoms with E-state index in [2.05, 4.69) is 67.3 Å². The van der Waals surface area contributed by atoms with E-state index >= 15 is 0 Å². The molecular weight excluding hydrogens is 304 g/mol. The first-order valence-corrected chi connectivity index (χ1v) is 9.17. The smallest absolute Gasteiger partial charge is 0.275 e. The van der Waals surface area contributed by atoms with E-state index in [0.29, 0.717) is 19.0 Å². The largest absolute Gasteiger partial charge is 0.351 e.